The van der Waals surface area contributed by atoms with Crippen molar-refractivity contribution in [2.45, 2.75) is 64.8 Å². The van der Waals surface area contributed by atoms with Crippen molar-refractivity contribution in [3.8, 4) is 0 Å². The molecule has 1 atom stereocenters. The highest BCUT2D eigenvalue weighted by Gasteiger charge is 2.51. The number of nitrogens with zero attached hydrogens (tertiary/aromatic N) is 1. The Labute approximate surface area is 161 Å². The fourth-order valence-corrected chi connectivity index (χ4v) is 7.03. The van der Waals surface area contributed by atoms with E-state index in [0.29, 0.717) is 11.8 Å². The third kappa shape index (κ3) is 2.84. The van der Waals surface area contributed by atoms with Gasteiger partial charge < -0.3 is 5.32 Å². The van der Waals surface area contributed by atoms with Gasteiger partial charge in [0.1, 0.15) is 0 Å². The lowest BCUT2D eigenvalue weighted by Crippen LogP contribution is -2.52. The molecule has 0 aromatic heterocycles. The molecular weight excluding hydrogens is 336 g/mol. The molecule has 144 valence electrons. The first-order chi connectivity index (χ1) is 12.9. The predicted molar refractivity (Wildman–Crippen MR) is 105 cm³/mol. The molecule has 0 radical (unpaired) electrons. The molecule has 1 N–H and O–H groups in total. The average molecular weight is 367 g/mol. The van der Waals surface area contributed by atoms with Crippen molar-refractivity contribution in [2.24, 2.45) is 23.2 Å². The van der Waals surface area contributed by atoms with Crippen LogP contribution in [0, 0.1) is 37.0 Å². The molecule has 4 nitrogen and oxygen atoms in total. The smallest absolute Gasteiger partial charge is 0.251 e. The highest BCUT2D eigenvalue weighted by atomic mass is 16.2. The fraction of sp³-hybridized carbons (Fsp3) is 0.652. The number of hydrogen-bond donors (Lipinski definition) is 1. The summed E-state index contributed by atoms with van der Waals surface area (Å²) < 4.78 is 0. The average Bonchev–Trinajstić information content (AvgIpc) is 2.87. The molecule has 6 rings (SSSR count). The summed E-state index contributed by atoms with van der Waals surface area (Å²) in [7, 11) is 0. The standard InChI is InChI=1S/C23H30N2O2/c1-14-4-3-5-15(2)21(14)25-20(26)9-19(22(25)27)24-13-23-10-16-6-17(11-23)8-18(7-16)12-23/h3-5,16-19,24H,6-13H2,1-2H3. The lowest BCUT2D eigenvalue weighted by molar-refractivity contribution is -0.121. The van der Waals surface area contributed by atoms with Crippen molar-refractivity contribution in [3.05, 3.63) is 29.3 Å². The van der Waals surface area contributed by atoms with Crippen molar-refractivity contribution in [1.29, 1.82) is 0 Å². The van der Waals surface area contributed by atoms with Gasteiger partial charge in [-0.05, 0) is 86.7 Å². The monoisotopic (exact) mass is 366 g/mol. The van der Waals surface area contributed by atoms with Gasteiger partial charge in [0.2, 0.25) is 5.91 Å². The van der Waals surface area contributed by atoms with Gasteiger partial charge >= 0.3 is 0 Å². The summed E-state index contributed by atoms with van der Waals surface area (Å²) in [6.45, 7) is 4.85. The number of nitrogens with one attached hydrogen (secondary N) is 1. The first-order valence-corrected chi connectivity index (χ1v) is 10.6. The van der Waals surface area contributed by atoms with Gasteiger partial charge in [-0.3, -0.25) is 9.59 Å². The zero-order chi connectivity index (χ0) is 18.8. The van der Waals surface area contributed by atoms with Crippen LogP contribution in [0.5, 0.6) is 0 Å². The number of benzene rings is 1. The van der Waals surface area contributed by atoms with Crippen LogP contribution in [-0.2, 0) is 9.59 Å². The van der Waals surface area contributed by atoms with Crippen molar-refractivity contribution >= 4 is 17.5 Å². The number of carbonyl (C=O) groups is 2. The van der Waals surface area contributed by atoms with Crippen LogP contribution >= 0.6 is 0 Å². The van der Waals surface area contributed by atoms with E-state index in [4.69, 9.17) is 0 Å². The molecule has 2 amide bonds. The summed E-state index contributed by atoms with van der Waals surface area (Å²) in [5.74, 6) is 2.59. The number of anilines is 1. The van der Waals surface area contributed by atoms with Crippen LogP contribution in [0.25, 0.3) is 0 Å². The second-order valence-corrected chi connectivity index (χ2v) is 9.86. The molecule has 1 unspecified atom stereocenters. The lowest BCUT2D eigenvalue weighted by Gasteiger charge is -2.57. The lowest BCUT2D eigenvalue weighted by atomic mass is 9.49. The molecule has 1 heterocycles. The van der Waals surface area contributed by atoms with E-state index >= 15 is 0 Å². The van der Waals surface area contributed by atoms with Crippen LogP contribution in [0.15, 0.2) is 18.2 Å². The summed E-state index contributed by atoms with van der Waals surface area (Å²) in [6.07, 6.45) is 8.55. The molecule has 1 saturated heterocycles. The molecule has 4 saturated carbocycles. The number of rotatable bonds is 4. The number of para-hydroxylation sites is 1. The summed E-state index contributed by atoms with van der Waals surface area (Å²) >= 11 is 0. The first kappa shape index (κ1) is 17.4. The summed E-state index contributed by atoms with van der Waals surface area (Å²) in [6, 6.07) is 5.56. The fourth-order valence-electron chi connectivity index (χ4n) is 7.03. The van der Waals surface area contributed by atoms with Crippen LogP contribution < -0.4 is 10.2 Å². The van der Waals surface area contributed by atoms with Gasteiger partial charge in [0.15, 0.2) is 0 Å². The SMILES string of the molecule is Cc1cccc(C)c1N1C(=O)CC(NCC23CC4CC(CC(C4)C2)C3)C1=O. The van der Waals surface area contributed by atoms with Gasteiger partial charge in [0.25, 0.3) is 5.91 Å². The van der Waals surface area contributed by atoms with Gasteiger partial charge in [-0.15, -0.1) is 0 Å². The number of aryl methyl sites for hydroxylation is 2. The van der Waals surface area contributed by atoms with Gasteiger partial charge in [0, 0.05) is 6.54 Å². The Morgan fingerprint density at radius 3 is 2.11 bits per heavy atom. The second kappa shape index (κ2) is 6.16. The summed E-state index contributed by atoms with van der Waals surface area (Å²) in [5, 5.41) is 3.55. The van der Waals surface area contributed by atoms with E-state index in [-0.39, 0.29) is 17.9 Å². The Balaban J connectivity index is 1.31. The van der Waals surface area contributed by atoms with Gasteiger partial charge in [-0.1, -0.05) is 18.2 Å². The van der Waals surface area contributed by atoms with Gasteiger partial charge in [0.05, 0.1) is 18.2 Å². The third-order valence-electron chi connectivity index (χ3n) is 7.70. The van der Waals surface area contributed by atoms with E-state index in [9.17, 15) is 9.59 Å². The quantitative estimate of drug-likeness (QED) is 0.826. The Kier molecular flexibility index (Phi) is 3.98. The molecule has 5 fully saturated rings. The van der Waals surface area contributed by atoms with Crippen molar-refractivity contribution in [3.63, 3.8) is 0 Å². The Morgan fingerprint density at radius 1 is 1.00 bits per heavy atom. The van der Waals surface area contributed by atoms with Crippen LogP contribution in [0.4, 0.5) is 5.69 Å². The van der Waals surface area contributed by atoms with Crippen LogP contribution in [0.1, 0.15) is 56.1 Å². The number of hydrogen-bond acceptors (Lipinski definition) is 3. The summed E-state index contributed by atoms with van der Waals surface area (Å²) in [4.78, 5) is 27.2. The van der Waals surface area contributed by atoms with E-state index in [1.165, 1.54) is 43.4 Å². The zero-order valence-electron chi connectivity index (χ0n) is 16.5. The number of imide groups is 1. The Morgan fingerprint density at radius 2 is 1.56 bits per heavy atom. The first-order valence-electron chi connectivity index (χ1n) is 10.6. The number of amides is 2. The van der Waals surface area contributed by atoms with Crippen LogP contribution in [-0.4, -0.2) is 24.4 Å². The summed E-state index contributed by atoms with van der Waals surface area (Å²) in [5.41, 5.74) is 3.13. The third-order valence-corrected chi connectivity index (χ3v) is 7.70. The highest BCUT2D eigenvalue weighted by Crippen LogP contribution is 2.59. The largest absolute Gasteiger partial charge is 0.305 e. The molecule has 0 spiro atoms. The van der Waals surface area contributed by atoms with E-state index in [1.807, 2.05) is 32.0 Å². The highest BCUT2D eigenvalue weighted by molar-refractivity contribution is 6.23. The van der Waals surface area contributed by atoms with Crippen molar-refractivity contribution < 1.29 is 9.59 Å². The van der Waals surface area contributed by atoms with Gasteiger partial charge in [-0.2, -0.15) is 0 Å². The van der Waals surface area contributed by atoms with E-state index in [1.54, 1.807) is 0 Å². The number of carbonyl (C=O) groups excluding carboxylic acids is 2. The van der Waals surface area contributed by atoms with E-state index in [0.717, 1.165) is 41.1 Å². The second-order valence-electron chi connectivity index (χ2n) is 9.86. The maximum atomic E-state index is 13.1. The molecular formula is C23H30N2O2. The van der Waals surface area contributed by atoms with Crippen molar-refractivity contribution in [1.82, 2.24) is 5.32 Å². The maximum absolute atomic E-state index is 13.1. The Hall–Kier alpha value is -1.68. The minimum Gasteiger partial charge on any atom is -0.305 e. The normalized spacial score (nSPS) is 37.5. The molecule has 27 heavy (non-hydrogen) atoms. The van der Waals surface area contributed by atoms with E-state index < -0.39 is 0 Å². The topological polar surface area (TPSA) is 49.4 Å². The maximum Gasteiger partial charge on any atom is 0.251 e. The van der Waals surface area contributed by atoms with Crippen molar-refractivity contribution in [2.75, 3.05) is 11.4 Å². The minimum atomic E-state index is -0.357. The zero-order valence-corrected chi connectivity index (χ0v) is 16.5. The van der Waals surface area contributed by atoms with Gasteiger partial charge in [-0.25, -0.2) is 4.90 Å². The Bertz CT molecular complexity index is 744. The molecule has 1 aliphatic heterocycles. The van der Waals surface area contributed by atoms with Crippen LogP contribution in [0.2, 0.25) is 0 Å². The van der Waals surface area contributed by atoms with Crippen LogP contribution in [0.3, 0.4) is 0 Å². The molecule has 4 heteroatoms. The molecule has 4 bridgehead atoms. The predicted octanol–water partition coefficient (Wildman–Crippen LogP) is 3.74. The molecule has 4 aliphatic carbocycles. The molecule has 5 aliphatic rings. The minimum absolute atomic E-state index is 0.0675. The molecule has 1 aromatic carbocycles. The van der Waals surface area contributed by atoms with E-state index in [2.05, 4.69) is 5.32 Å². The molecule has 1 aromatic rings.